The molecule has 17 heavy (non-hydrogen) atoms. The molecule has 0 aliphatic carbocycles. The summed E-state index contributed by atoms with van der Waals surface area (Å²) in [6.07, 6.45) is 0. The van der Waals surface area contributed by atoms with Crippen LogP contribution in [-0.4, -0.2) is 39.2 Å². The second-order valence-electron chi connectivity index (χ2n) is 4.08. The van der Waals surface area contributed by atoms with Crippen LogP contribution in [0.4, 0.5) is 5.95 Å². The van der Waals surface area contributed by atoms with Crippen LogP contribution in [0.15, 0.2) is 4.79 Å². The summed E-state index contributed by atoms with van der Waals surface area (Å²) in [5, 5.41) is 0. The smallest absolute Gasteiger partial charge is 0.278 e. The van der Waals surface area contributed by atoms with Crippen molar-refractivity contribution in [2.24, 2.45) is 5.73 Å². The summed E-state index contributed by atoms with van der Waals surface area (Å²) in [5.41, 5.74) is 11.6. The Morgan fingerprint density at radius 2 is 2.12 bits per heavy atom. The molecular weight excluding hydrogens is 224 g/mol. The van der Waals surface area contributed by atoms with Gasteiger partial charge in [0.2, 0.25) is 5.95 Å². The van der Waals surface area contributed by atoms with Crippen LogP contribution in [-0.2, 0) is 4.74 Å². The normalized spacial score (nSPS) is 24.5. The molecule has 2 aromatic heterocycles. The summed E-state index contributed by atoms with van der Waals surface area (Å²) in [6, 6.07) is -0.119. The van der Waals surface area contributed by atoms with E-state index in [-0.39, 0.29) is 23.5 Å². The van der Waals surface area contributed by atoms with Gasteiger partial charge in [0.25, 0.3) is 5.56 Å². The first-order valence-corrected chi connectivity index (χ1v) is 5.24. The third-order valence-corrected chi connectivity index (χ3v) is 2.87. The maximum absolute atomic E-state index is 11.6. The zero-order chi connectivity index (χ0) is 12.0. The Bertz CT molecular complexity index is 617. The van der Waals surface area contributed by atoms with Crippen molar-refractivity contribution in [1.82, 2.24) is 19.9 Å². The largest absolute Gasteiger partial charge is 0.379 e. The molecule has 1 fully saturated rings. The first-order chi connectivity index (χ1) is 8.15. The molecule has 90 valence electrons. The van der Waals surface area contributed by atoms with Gasteiger partial charge in [0.05, 0.1) is 19.1 Å². The predicted molar refractivity (Wildman–Crippen MR) is 60.5 cm³/mol. The fourth-order valence-corrected chi connectivity index (χ4v) is 1.97. The lowest BCUT2D eigenvalue weighted by atomic mass is 10.0. The molecule has 3 rings (SSSR count). The van der Waals surface area contributed by atoms with Gasteiger partial charge in [-0.25, -0.2) is 4.98 Å². The zero-order valence-corrected chi connectivity index (χ0v) is 8.93. The molecule has 2 atom stereocenters. The summed E-state index contributed by atoms with van der Waals surface area (Å²) < 4.78 is 5.26. The number of fused-ring (bicyclic) bond motifs is 1. The van der Waals surface area contributed by atoms with Gasteiger partial charge in [-0.2, -0.15) is 4.98 Å². The van der Waals surface area contributed by atoms with Gasteiger partial charge in [-0.1, -0.05) is 0 Å². The van der Waals surface area contributed by atoms with Crippen molar-refractivity contribution < 1.29 is 4.74 Å². The number of H-pyrrole nitrogens is 2. The van der Waals surface area contributed by atoms with E-state index < -0.39 is 0 Å². The van der Waals surface area contributed by atoms with Crippen molar-refractivity contribution in [2.75, 3.05) is 18.9 Å². The van der Waals surface area contributed by atoms with Gasteiger partial charge in [0.1, 0.15) is 5.82 Å². The molecule has 0 spiro atoms. The van der Waals surface area contributed by atoms with E-state index in [1.807, 2.05) is 0 Å². The summed E-state index contributed by atoms with van der Waals surface area (Å²) >= 11 is 0. The first kappa shape index (κ1) is 10.2. The lowest BCUT2D eigenvalue weighted by molar-refractivity contribution is 0.190. The molecule has 8 heteroatoms. The maximum Gasteiger partial charge on any atom is 0.278 e. The fourth-order valence-electron chi connectivity index (χ4n) is 1.97. The van der Waals surface area contributed by atoms with Gasteiger partial charge in [-0.15, -0.1) is 0 Å². The van der Waals surface area contributed by atoms with Crippen molar-refractivity contribution in [3.63, 3.8) is 0 Å². The highest BCUT2D eigenvalue weighted by molar-refractivity contribution is 5.70. The van der Waals surface area contributed by atoms with Gasteiger partial charge in [-0.05, 0) is 0 Å². The van der Waals surface area contributed by atoms with E-state index in [0.29, 0.717) is 30.2 Å². The predicted octanol–water partition coefficient (Wildman–Crippen LogP) is -1.33. The number of aromatic amines is 2. The number of hydrogen-bond donors (Lipinski definition) is 4. The third-order valence-electron chi connectivity index (χ3n) is 2.87. The number of nitrogens with two attached hydrogens (primary N) is 2. The Morgan fingerprint density at radius 3 is 2.82 bits per heavy atom. The molecule has 0 aromatic carbocycles. The zero-order valence-electron chi connectivity index (χ0n) is 8.93. The number of nitrogens with zero attached hydrogens (tertiary/aromatic N) is 2. The van der Waals surface area contributed by atoms with Crippen LogP contribution < -0.4 is 17.0 Å². The maximum atomic E-state index is 11.6. The molecule has 6 N–H and O–H groups in total. The van der Waals surface area contributed by atoms with Gasteiger partial charge < -0.3 is 21.2 Å². The molecule has 8 nitrogen and oxygen atoms in total. The quantitative estimate of drug-likeness (QED) is 0.484. The van der Waals surface area contributed by atoms with E-state index >= 15 is 0 Å². The van der Waals surface area contributed by atoms with E-state index in [0.717, 1.165) is 0 Å². The summed E-state index contributed by atoms with van der Waals surface area (Å²) in [7, 11) is 0. The van der Waals surface area contributed by atoms with E-state index in [4.69, 9.17) is 16.2 Å². The summed E-state index contributed by atoms with van der Waals surface area (Å²) in [5.74, 6) is 0.631. The number of nitrogen functional groups attached to an aromatic ring is 1. The van der Waals surface area contributed by atoms with Crippen molar-refractivity contribution in [3.05, 3.63) is 16.2 Å². The lowest BCUT2D eigenvalue weighted by Gasteiger charge is -2.08. The molecule has 0 radical (unpaired) electrons. The van der Waals surface area contributed by atoms with Gasteiger partial charge >= 0.3 is 0 Å². The Labute approximate surface area is 95.4 Å². The highest BCUT2D eigenvalue weighted by atomic mass is 16.5. The number of aromatic nitrogens is 4. The highest BCUT2D eigenvalue weighted by Gasteiger charge is 2.29. The second kappa shape index (κ2) is 3.54. The number of anilines is 1. The Balaban J connectivity index is 2.13. The van der Waals surface area contributed by atoms with Gasteiger partial charge in [0, 0.05) is 6.04 Å². The summed E-state index contributed by atoms with van der Waals surface area (Å²) in [6.45, 7) is 0.988. The third kappa shape index (κ3) is 1.58. The molecule has 0 amide bonds. The molecule has 1 aliphatic rings. The topological polar surface area (TPSA) is 136 Å². The minimum atomic E-state index is -0.335. The number of nitrogens with one attached hydrogen (secondary N) is 2. The molecule has 1 saturated heterocycles. The average molecular weight is 236 g/mol. The van der Waals surface area contributed by atoms with E-state index in [1.165, 1.54) is 0 Å². The van der Waals surface area contributed by atoms with Crippen LogP contribution in [0.3, 0.4) is 0 Å². The van der Waals surface area contributed by atoms with Gasteiger partial charge in [0.15, 0.2) is 11.2 Å². The lowest BCUT2D eigenvalue weighted by Crippen LogP contribution is -2.27. The average Bonchev–Trinajstić information content (AvgIpc) is 2.83. The number of ether oxygens (including phenoxy) is 1. The van der Waals surface area contributed by atoms with Crippen molar-refractivity contribution in [3.8, 4) is 0 Å². The van der Waals surface area contributed by atoms with E-state index in [2.05, 4.69) is 19.9 Å². The summed E-state index contributed by atoms with van der Waals surface area (Å²) in [4.78, 5) is 25.1. The van der Waals surface area contributed by atoms with Crippen LogP contribution in [0.2, 0.25) is 0 Å². The fraction of sp³-hybridized carbons (Fsp3) is 0.444. The van der Waals surface area contributed by atoms with E-state index in [1.54, 1.807) is 0 Å². The first-order valence-electron chi connectivity index (χ1n) is 5.24. The van der Waals surface area contributed by atoms with Crippen LogP contribution in [0.1, 0.15) is 11.7 Å². The molecule has 3 heterocycles. The molecule has 0 saturated carbocycles. The number of hydrogen-bond acceptors (Lipinski definition) is 6. The molecule has 2 unspecified atom stereocenters. The standard InChI is InChI=1S/C9H12N6O2/c10-4-2-17-1-3(4)6-12-5-7(13-6)14-9(11)15-8(5)16/h3-4H,1-2,10H2,(H4,11,12,13,14,15,16). The second-order valence-corrected chi connectivity index (χ2v) is 4.08. The van der Waals surface area contributed by atoms with E-state index in [9.17, 15) is 4.79 Å². The Hall–Kier alpha value is -1.93. The molecule has 2 aromatic rings. The highest BCUT2D eigenvalue weighted by Crippen LogP contribution is 2.22. The number of imidazole rings is 1. The van der Waals surface area contributed by atoms with Crippen molar-refractivity contribution >= 4 is 17.1 Å². The molecular formula is C9H12N6O2. The molecule has 0 bridgehead atoms. The van der Waals surface area contributed by atoms with Crippen molar-refractivity contribution in [1.29, 1.82) is 0 Å². The van der Waals surface area contributed by atoms with Crippen LogP contribution in [0.5, 0.6) is 0 Å². The van der Waals surface area contributed by atoms with Crippen LogP contribution in [0, 0.1) is 0 Å². The van der Waals surface area contributed by atoms with Crippen molar-refractivity contribution in [2.45, 2.75) is 12.0 Å². The molecule has 1 aliphatic heterocycles. The monoisotopic (exact) mass is 236 g/mol. The minimum absolute atomic E-state index is 0.0372. The van der Waals surface area contributed by atoms with Gasteiger partial charge in [-0.3, -0.25) is 9.78 Å². The minimum Gasteiger partial charge on any atom is -0.379 e. The SMILES string of the molecule is Nc1nc2nc(C3COCC3N)[nH]c2c(=O)[nH]1. The Morgan fingerprint density at radius 1 is 1.29 bits per heavy atom. The van der Waals surface area contributed by atoms with Crippen LogP contribution >= 0.6 is 0 Å². The Kier molecular flexibility index (Phi) is 2.13. The van der Waals surface area contributed by atoms with Crippen LogP contribution in [0.25, 0.3) is 11.2 Å². The number of rotatable bonds is 1.